The molecular weight excluding hydrogens is 170 g/mol. The van der Waals surface area contributed by atoms with Crippen molar-refractivity contribution < 1.29 is 9.59 Å². The standard InChI is InChI=1S/C4H3NO2.CS2/c6-3-1-2-4(7)5-3;2-1-3/h1-2H,(H,5,6,7);. The largest absolute Gasteiger partial charge is 0.289 e. The second kappa shape index (κ2) is 4.93. The average molecular weight is 173 g/mol. The van der Waals surface area contributed by atoms with Crippen molar-refractivity contribution in [1.82, 2.24) is 5.32 Å². The van der Waals surface area contributed by atoms with Crippen LogP contribution in [0.15, 0.2) is 12.2 Å². The van der Waals surface area contributed by atoms with Gasteiger partial charge in [0.1, 0.15) is 0 Å². The molecule has 0 aromatic rings. The molecule has 1 heterocycles. The summed E-state index contributed by atoms with van der Waals surface area (Å²) < 4.78 is 1.92. The zero-order valence-corrected chi connectivity index (χ0v) is 6.42. The summed E-state index contributed by atoms with van der Waals surface area (Å²) in [7, 11) is 0. The first-order chi connectivity index (χ1) is 4.70. The summed E-state index contributed by atoms with van der Waals surface area (Å²) in [5, 5.41) is 2.03. The van der Waals surface area contributed by atoms with Crippen LogP contribution in [0, 0.1) is 0 Å². The first-order valence-corrected chi connectivity index (χ1v) is 3.04. The summed E-state index contributed by atoms with van der Waals surface area (Å²) in [5.41, 5.74) is 0. The van der Waals surface area contributed by atoms with Crippen LogP contribution in [0.3, 0.4) is 0 Å². The predicted molar refractivity (Wildman–Crippen MR) is 42.5 cm³/mol. The molecule has 2 amide bonds. The van der Waals surface area contributed by atoms with Crippen LogP contribution >= 0.6 is 24.4 Å². The van der Waals surface area contributed by atoms with E-state index < -0.39 is 0 Å². The van der Waals surface area contributed by atoms with Gasteiger partial charge in [0.05, 0.1) is 0 Å². The maximum absolute atomic E-state index is 10.0. The summed E-state index contributed by atoms with van der Waals surface area (Å²) in [5.74, 6) is -0.657. The van der Waals surface area contributed by atoms with E-state index in [4.69, 9.17) is 0 Å². The number of imide groups is 1. The molecule has 1 rings (SSSR count). The van der Waals surface area contributed by atoms with E-state index in [1.807, 2.05) is 9.63 Å². The van der Waals surface area contributed by atoms with Crippen molar-refractivity contribution in [2.24, 2.45) is 0 Å². The van der Waals surface area contributed by atoms with E-state index in [9.17, 15) is 9.59 Å². The Balaban J connectivity index is 0.000000236. The van der Waals surface area contributed by atoms with Crippen molar-refractivity contribution in [3.05, 3.63) is 12.2 Å². The fourth-order valence-electron chi connectivity index (χ4n) is 0.356. The van der Waals surface area contributed by atoms with Crippen LogP contribution < -0.4 is 5.32 Å². The van der Waals surface area contributed by atoms with Gasteiger partial charge in [-0.1, -0.05) is 0 Å². The highest BCUT2D eigenvalue weighted by molar-refractivity contribution is 7.93. The van der Waals surface area contributed by atoms with Crippen molar-refractivity contribution in [3.8, 4) is 0 Å². The van der Waals surface area contributed by atoms with Crippen LogP contribution in [0.2, 0.25) is 0 Å². The molecule has 0 spiro atoms. The van der Waals surface area contributed by atoms with Crippen molar-refractivity contribution in [2.45, 2.75) is 0 Å². The molecule has 0 bridgehead atoms. The van der Waals surface area contributed by atoms with Gasteiger partial charge in [0.15, 0.2) is 0 Å². The highest BCUT2D eigenvalue weighted by atomic mass is 32.1. The number of rotatable bonds is 0. The Hall–Kier alpha value is -0.900. The summed E-state index contributed by atoms with van der Waals surface area (Å²) in [6, 6.07) is 0. The van der Waals surface area contributed by atoms with Crippen molar-refractivity contribution in [3.63, 3.8) is 0 Å². The number of thiocarbonyl (C=S) groups is 2. The van der Waals surface area contributed by atoms with Crippen molar-refractivity contribution in [2.75, 3.05) is 0 Å². The van der Waals surface area contributed by atoms with E-state index in [-0.39, 0.29) is 11.8 Å². The lowest BCUT2D eigenvalue weighted by atomic mass is 10.6. The molecule has 0 atom stereocenters. The Labute approximate surface area is 68.1 Å². The normalized spacial score (nSPS) is 13.2. The first kappa shape index (κ1) is 9.10. The molecule has 0 radical (unpaired) electrons. The zero-order chi connectivity index (χ0) is 7.98. The van der Waals surface area contributed by atoms with Gasteiger partial charge in [-0.25, -0.2) is 0 Å². The smallest absolute Gasteiger partial charge is 0.250 e. The van der Waals surface area contributed by atoms with E-state index in [0.717, 1.165) is 0 Å². The van der Waals surface area contributed by atoms with Crippen LogP contribution in [0.25, 0.3) is 0 Å². The minimum Gasteiger partial charge on any atom is -0.289 e. The SMILES string of the molecule is O=C1C=CC(=O)N1.S=C=S. The second-order valence-electron chi connectivity index (χ2n) is 1.27. The Bertz CT molecular complexity index is 200. The molecule has 3 nitrogen and oxygen atoms in total. The summed E-state index contributed by atoms with van der Waals surface area (Å²) in [4.78, 5) is 20.1. The molecule has 0 saturated carbocycles. The molecule has 5 heteroatoms. The first-order valence-electron chi connectivity index (χ1n) is 2.23. The molecule has 1 aliphatic rings. The quantitative estimate of drug-likeness (QED) is 0.420. The third-order valence-electron chi connectivity index (χ3n) is 0.632. The van der Waals surface area contributed by atoms with Gasteiger partial charge >= 0.3 is 0 Å². The molecule has 1 N–H and O–H groups in total. The lowest BCUT2D eigenvalue weighted by molar-refractivity contribution is -0.123. The molecule has 52 valence electrons. The van der Waals surface area contributed by atoms with E-state index in [2.05, 4.69) is 24.4 Å². The van der Waals surface area contributed by atoms with E-state index in [1.54, 1.807) is 0 Å². The van der Waals surface area contributed by atoms with Crippen molar-refractivity contribution in [1.29, 1.82) is 0 Å². The molecule has 1 aliphatic heterocycles. The summed E-state index contributed by atoms with van der Waals surface area (Å²) in [6.45, 7) is 0. The highest BCUT2D eigenvalue weighted by Gasteiger charge is 2.06. The van der Waals surface area contributed by atoms with E-state index in [0.29, 0.717) is 0 Å². The maximum Gasteiger partial charge on any atom is 0.250 e. The fourth-order valence-corrected chi connectivity index (χ4v) is 0.356. The van der Waals surface area contributed by atoms with Gasteiger partial charge in [0, 0.05) is 16.5 Å². The van der Waals surface area contributed by atoms with Gasteiger partial charge < -0.3 is 0 Å². The minimum atomic E-state index is -0.329. The van der Waals surface area contributed by atoms with E-state index in [1.165, 1.54) is 12.2 Å². The molecule has 0 aliphatic carbocycles. The molecular formula is C5H3NO2S2. The third-order valence-corrected chi connectivity index (χ3v) is 0.632. The topological polar surface area (TPSA) is 46.2 Å². The Kier molecular flexibility index (Phi) is 4.49. The van der Waals surface area contributed by atoms with Gasteiger partial charge in [-0.05, 0) is 24.4 Å². The maximum atomic E-state index is 10.0. The molecule has 0 saturated heterocycles. The lowest BCUT2D eigenvalue weighted by Gasteiger charge is -1.80. The number of amides is 2. The minimum absolute atomic E-state index is 0.329. The second-order valence-corrected chi connectivity index (χ2v) is 1.94. The molecule has 0 unspecified atom stereocenters. The van der Waals surface area contributed by atoms with Crippen LogP contribution in [-0.2, 0) is 9.59 Å². The van der Waals surface area contributed by atoms with Gasteiger partial charge in [0.25, 0.3) is 11.8 Å². The third kappa shape index (κ3) is 4.03. The van der Waals surface area contributed by atoms with Gasteiger partial charge in [-0.3, -0.25) is 14.9 Å². The van der Waals surface area contributed by atoms with Crippen LogP contribution in [0.4, 0.5) is 0 Å². The lowest BCUT2D eigenvalue weighted by Crippen LogP contribution is -2.19. The monoisotopic (exact) mass is 173 g/mol. The Morgan fingerprint density at radius 1 is 1.20 bits per heavy atom. The predicted octanol–water partition coefficient (Wildman–Crippen LogP) is 0.217. The van der Waals surface area contributed by atoms with Crippen molar-refractivity contribution >= 4 is 40.6 Å². The average Bonchev–Trinajstić information content (AvgIpc) is 2.17. The molecule has 0 aromatic carbocycles. The molecule has 10 heavy (non-hydrogen) atoms. The summed E-state index contributed by atoms with van der Waals surface area (Å²) >= 11 is 7.92. The Morgan fingerprint density at radius 2 is 1.50 bits per heavy atom. The van der Waals surface area contributed by atoms with Gasteiger partial charge in [-0.2, -0.15) is 0 Å². The molecule has 0 aromatic heterocycles. The number of hydrogen-bond acceptors (Lipinski definition) is 4. The van der Waals surface area contributed by atoms with Gasteiger partial charge in [-0.15, -0.1) is 0 Å². The van der Waals surface area contributed by atoms with Crippen LogP contribution in [0.5, 0.6) is 0 Å². The summed E-state index contributed by atoms with van der Waals surface area (Å²) in [6.07, 6.45) is 2.39. The fraction of sp³-hybridized carbons (Fsp3) is 0. The highest BCUT2D eigenvalue weighted by Crippen LogP contribution is 1.82. The zero-order valence-electron chi connectivity index (χ0n) is 4.79. The number of carbonyl (C=O) groups excluding carboxylic acids is 2. The van der Waals surface area contributed by atoms with Crippen LogP contribution in [0.1, 0.15) is 0 Å². The van der Waals surface area contributed by atoms with Gasteiger partial charge in [0.2, 0.25) is 0 Å². The molecule has 0 fully saturated rings. The number of carbonyl (C=O) groups is 2. The number of hydrogen-bond donors (Lipinski definition) is 1. The number of nitrogens with one attached hydrogen (secondary N) is 1. The van der Waals surface area contributed by atoms with Crippen LogP contribution in [-0.4, -0.2) is 16.1 Å². The van der Waals surface area contributed by atoms with E-state index >= 15 is 0 Å². The Morgan fingerprint density at radius 3 is 1.60 bits per heavy atom.